The Balaban J connectivity index is 1.17. The Hall–Kier alpha value is -2.67. The van der Waals surface area contributed by atoms with Crippen molar-refractivity contribution in [2.24, 2.45) is 5.92 Å². The van der Waals surface area contributed by atoms with Crippen LogP contribution in [-0.2, 0) is 6.54 Å². The van der Waals surface area contributed by atoms with E-state index in [2.05, 4.69) is 30.6 Å². The highest BCUT2D eigenvalue weighted by molar-refractivity contribution is 6.04. The number of fused-ring (bicyclic) bond motifs is 1. The summed E-state index contributed by atoms with van der Waals surface area (Å²) in [5.41, 5.74) is 4.10. The number of carbonyl (C=O) groups excluding carboxylic acids is 1. The molecule has 2 aromatic heterocycles. The van der Waals surface area contributed by atoms with Gasteiger partial charge in [0.25, 0.3) is 5.91 Å². The molecule has 1 saturated heterocycles. The standard InChI is InChI=1S/C24H32N6O/c31-24(23-20-10-4-5-11-21(20)27-29-23)25-13-17-7-6-12-30(15-17)16-19-14-26-28-22(19)18-8-2-1-3-9-18/h4-5,10-11,14,17-18H,1-3,6-9,12-13,15-16H2,(H,25,31)(H,26,28)(H,27,29). The molecule has 164 valence electrons. The van der Waals surface area contributed by atoms with Gasteiger partial charge in [0.05, 0.1) is 11.7 Å². The molecule has 0 bridgehead atoms. The van der Waals surface area contributed by atoms with Gasteiger partial charge in [-0.1, -0.05) is 37.5 Å². The fraction of sp³-hybridized carbons (Fsp3) is 0.542. The molecule has 31 heavy (non-hydrogen) atoms. The van der Waals surface area contributed by atoms with Crippen LogP contribution in [-0.4, -0.2) is 50.8 Å². The lowest BCUT2D eigenvalue weighted by atomic mass is 9.85. The number of hydrogen-bond donors (Lipinski definition) is 3. The van der Waals surface area contributed by atoms with Crippen molar-refractivity contribution < 1.29 is 4.79 Å². The van der Waals surface area contributed by atoms with Gasteiger partial charge < -0.3 is 5.32 Å². The number of nitrogens with one attached hydrogen (secondary N) is 3. The van der Waals surface area contributed by atoms with E-state index in [-0.39, 0.29) is 5.91 Å². The fourth-order valence-electron chi connectivity index (χ4n) is 5.35. The Labute approximate surface area is 183 Å². The summed E-state index contributed by atoms with van der Waals surface area (Å²) in [7, 11) is 0. The van der Waals surface area contributed by atoms with E-state index >= 15 is 0 Å². The summed E-state index contributed by atoms with van der Waals surface area (Å²) in [5, 5.41) is 18.8. The van der Waals surface area contributed by atoms with Crippen LogP contribution in [0, 0.1) is 5.92 Å². The molecule has 2 aliphatic rings. The average molecular weight is 421 g/mol. The first kappa shape index (κ1) is 20.2. The maximum Gasteiger partial charge on any atom is 0.272 e. The van der Waals surface area contributed by atoms with E-state index in [1.165, 1.54) is 49.8 Å². The Bertz CT molecular complexity index is 1020. The van der Waals surface area contributed by atoms with Gasteiger partial charge in [0.2, 0.25) is 0 Å². The SMILES string of the molecule is O=C(NCC1CCCN(Cc2cn[nH]c2C2CCCCC2)C1)c1n[nH]c2ccccc12. The van der Waals surface area contributed by atoms with Crippen LogP contribution in [0.4, 0.5) is 0 Å². The van der Waals surface area contributed by atoms with Gasteiger partial charge >= 0.3 is 0 Å². The molecule has 1 saturated carbocycles. The molecule has 2 fully saturated rings. The number of para-hydroxylation sites is 1. The summed E-state index contributed by atoms with van der Waals surface area (Å²) in [4.78, 5) is 15.2. The Kier molecular flexibility index (Phi) is 6.02. The molecule has 3 N–H and O–H groups in total. The molecule has 0 spiro atoms. The number of amides is 1. The summed E-state index contributed by atoms with van der Waals surface area (Å²) in [6, 6.07) is 7.75. The van der Waals surface area contributed by atoms with Crippen LogP contribution in [0.25, 0.3) is 10.9 Å². The monoisotopic (exact) mass is 420 g/mol. The number of carbonyl (C=O) groups is 1. The first-order valence-corrected chi connectivity index (χ1v) is 11.7. The number of rotatable bonds is 6. The van der Waals surface area contributed by atoms with Gasteiger partial charge in [-0.3, -0.25) is 19.9 Å². The Morgan fingerprint density at radius 2 is 1.97 bits per heavy atom. The van der Waals surface area contributed by atoms with E-state index < -0.39 is 0 Å². The summed E-state index contributed by atoms with van der Waals surface area (Å²) < 4.78 is 0. The second-order valence-electron chi connectivity index (χ2n) is 9.22. The number of likely N-dealkylation sites (tertiary alicyclic amines) is 1. The normalized spacial score (nSPS) is 20.8. The van der Waals surface area contributed by atoms with Crippen LogP contribution in [0.1, 0.15) is 72.6 Å². The second kappa shape index (κ2) is 9.22. The number of piperidine rings is 1. The van der Waals surface area contributed by atoms with Crippen molar-refractivity contribution in [1.29, 1.82) is 0 Å². The van der Waals surface area contributed by atoms with Crippen molar-refractivity contribution >= 4 is 16.8 Å². The van der Waals surface area contributed by atoms with Crippen molar-refractivity contribution in [3.05, 3.63) is 47.4 Å². The summed E-state index contributed by atoms with van der Waals surface area (Å²) in [6.07, 6.45) is 10.9. The molecule has 5 rings (SSSR count). The van der Waals surface area contributed by atoms with Crippen molar-refractivity contribution in [3.8, 4) is 0 Å². The van der Waals surface area contributed by atoms with E-state index in [1.54, 1.807) is 0 Å². The third-order valence-corrected chi connectivity index (χ3v) is 7.00. The van der Waals surface area contributed by atoms with Crippen LogP contribution in [0.5, 0.6) is 0 Å². The molecule has 1 aromatic carbocycles. The minimum absolute atomic E-state index is 0.0935. The fourth-order valence-corrected chi connectivity index (χ4v) is 5.35. The van der Waals surface area contributed by atoms with Gasteiger partial charge in [0, 0.05) is 42.2 Å². The number of benzene rings is 1. The van der Waals surface area contributed by atoms with Crippen LogP contribution in [0.3, 0.4) is 0 Å². The third kappa shape index (κ3) is 4.51. The van der Waals surface area contributed by atoms with E-state index in [0.717, 1.165) is 37.0 Å². The van der Waals surface area contributed by atoms with E-state index in [1.807, 2.05) is 30.5 Å². The Morgan fingerprint density at radius 3 is 2.87 bits per heavy atom. The highest BCUT2D eigenvalue weighted by Crippen LogP contribution is 2.33. The molecular weight excluding hydrogens is 388 g/mol. The number of hydrogen-bond acceptors (Lipinski definition) is 4. The number of nitrogens with zero attached hydrogens (tertiary/aromatic N) is 3. The first-order valence-electron chi connectivity index (χ1n) is 11.7. The van der Waals surface area contributed by atoms with Crippen molar-refractivity contribution in [2.75, 3.05) is 19.6 Å². The van der Waals surface area contributed by atoms with Gasteiger partial charge in [0.1, 0.15) is 0 Å². The minimum Gasteiger partial charge on any atom is -0.350 e. The zero-order chi connectivity index (χ0) is 21.0. The van der Waals surface area contributed by atoms with Gasteiger partial charge in [-0.25, -0.2) is 0 Å². The maximum atomic E-state index is 12.7. The smallest absolute Gasteiger partial charge is 0.272 e. The van der Waals surface area contributed by atoms with Crippen molar-refractivity contribution in [2.45, 2.75) is 57.4 Å². The summed E-state index contributed by atoms with van der Waals surface area (Å²) in [6.45, 7) is 3.77. The van der Waals surface area contributed by atoms with Crippen LogP contribution >= 0.6 is 0 Å². The maximum absolute atomic E-state index is 12.7. The zero-order valence-corrected chi connectivity index (χ0v) is 18.1. The van der Waals surface area contributed by atoms with E-state index in [4.69, 9.17) is 0 Å². The van der Waals surface area contributed by atoms with Crippen molar-refractivity contribution in [3.63, 3.8) is 0 Å². The van der Waals surface area contributed by atoms with Gasteiger partial charge in [0.15, 0.2) is 5.69 Å². The second-order valence-corrected chi connectivity index (χ2v) is 9.22. The molecule has 3 aromatic rings. The summed E-state index contributed by atoms with van der Waals surface area (Å²) in [5.74, 6) is 1.02. The first-order chi connectivity index (χ1) is 15.3. The third-order valence-electron chi connectivity index (χ3n) is 7.00. The molecule has 0 radical (unpaired) electrons. The molecule has 7 heteroatoms. The largest absolute Gasteiger partial charge is 0.350 e. The van der Waals surface area contributed by atoms with E-state index in [0.29, 0.717) is 24.1 Å². The van der Waals surface area contributed by atoms with Gasteiger partial charge in [-0.15, -0.1) is 0 Å². The predicted molar refractivity (Wildman–Crippen MR) is 121 cm³/mol. The number of H-pyrrole nitrogens is 2. The lowest BCUT2D eigenvalue weighted by Crippen LogP contribution is -2.40. The topological polar surface area (TPSA) is 89.7 Å². The molecule has 1 aliphatic carbocycles. The highest BCUT2D eigenvalue weighted by atomic mass is 16.1. The molecule has 3 heterocycles. The van der Waals surface area contributed by atoms with Crippen molar-refractivity contribution in [1.82, 2.24) is 30.6 Å². The summed E-state index contributed by atoms with van der Waals surface area (Å²) >= 11 is 0. The molecule has 1 unspecified atom stereocenters. The minimum atomic E-state index is -0.0935. The van der Waals surface area contributed by atoms with Crippen LogP contribution in [0.15, 0.2) is 30.5 Å². The molecule has 1 atom stereocenters. The highest BCUT2D eigenvalue weighted by Gasteiger charge is 2.25. The lowest BCUT2D eigenvalue weighted by molar-refractivity contribution is 0.0927. The quantitative estimate of drug-likeness (QED) is 0.563. The molecule has 1 amide bonds. The van der Waals surface area contributed by atoms with Gasteiger partial charge in [-0.05, 0) is 44.2 Å². The van der Waals surface area contributed by atoms with Gasteiger partial charge in [-0.2, -0.15) is 10.2 Å². The lowest BCUT2D eigenvalue weighted by Gasteiger charge is -2.33. The Morgan fingerprint density at radius 1 is 1.10 bits per heavy atom. The number of aromatic amines is 2. The van der Waals surface area contributed by atoms with E-state index in [9.17, 15) is 4.79 Å². The zero-order valence-electron chi connectivity index (χ0n) is 18.1. The van der Waals surface area contributed by atoms with Crippen LogP contribution in [0.2, 0.25) is 0 Å². The predicted octanol–water partition coefficient (Wildman–Crippen LogP) is 3.98. The van der Waals surface area contributed by atoms with Crippen LogP contribution < -0.4 is 5.32 Å². The molecule has 1 aliphatic heterocycles. The number of aromatic nitrogens is 4. The molecular formula is C24H32N6O. The molecule has 7 nitrogen and oxygen atoms in total. The average Bonchev–Trinajstić information content (AvgIpc) is 3.45.